The molecule has 1 fully saturated rings. The summed E-state index contributed by atoms with van der Waals surface area (Å²) >= 11 is 0. The topological polar surface area (TPSA) is 114 Å². The largest absolute Gasteiger partial charge is 0.467 e. The van der Waals surface area contributed by atoms with Crippen LogP contribution in [0.4, 0.5) is 4.79 Å². The summed E-state index contributed by atoms with van der Waals surface area (Å²) in [5.41, 5.74) is 0.845. The lowest BCUT2D eigenvalue weighted by atomic mass is 10.1. The van der Waals surface area contributed by atoms with E-state index in [1.807, 2.05) is 30.3 Å². The highest BCUT2D eigenvalue weighted by atomic mass is 16.5. The van der Waals surface area contributed by atoms with Crippen LogP contribution in [0, 0.1) is 5.92 Å². The molecule has 148 valence electrons. The van der Waals surface area contributed by atoms with Crippen molar-refractivity contribution < 1.29 is 29.0 Å². The molecule has 0 radical (unpaired) electrons. The van der Waals surface area contributed by atoms with Crippen molar-refractivity contribution in [3.05, 3.63) is 35.9 Å². The molecule has 8 heteroatoms. The number of methoxy groups -OCH3 is 1. The van der Waals surface area contributed by atoms with Crippen molar-refractivity contribution >= 4 is 18.0 Å². The van der Waals surface area contributed by atoms with Crippen LogP contribution in [0.25, 0.3) is 0 Å². The van der Waals surface area contributed by atoms with Crippen LogP contribution in [0.3, 0.4) is 0 Å². The van der Waals surface area contributed by atoms with Crippen LogP contribution in [-0.2, 0) is 25.7 Å². The Morgan fingerprint density at radius 1 is 1.22 bits per heavy atom. The number of amides is 2. The van der Waals surface area contributed by atoms with Gasteiger partial charge in [-0.15, -0.1) is 0 Å². The molecule has 27 heavy (non-hydrogen) atoms. The summed E-state index contributed by atoms with van der Waals surface area (Å²) in [6.45, 7) is -0.0161. The van der Waals surface area contributed by atoms with Crippen LogP contribution < -0.4 is 10.6 Å². The molecule has 1 aliphatic rings. The van der Waals surface area contributed by atoms with Gasteiger partial charge in [0.05, 0.1) is 19.6 Å². The summed E-state index contributed by atoms with van der Waals surface area (Å²) in [5.74, 6) is -0.536. The molecule has 3 N–H and O–H groups in total. The Kier molecular flexibility index (Phi) is 8.06. The average Bonchev–Trinajstić information content (AvgIpc) is 3.48. The van der Waals surface area contributed by atoms with Crippen LogP contribution in [0.15, 0.2) is 30.3 Å². The number of hydrogen-bond acceptors (Lipinski definition) is 6. The molecule has 2 amide bonds. The fourth-order valence-electron chi connectivity index (χ4n) is 2.56. The monoisotopic (exact) mass is 378 g/mol. The molecule has 2 rings (SSSR count). The van der Waals surface area contributed by atoms with Crippen LogP contribution in [0.5, 0.6) is 0 Å². The third-order valence-corrected chi connectivity index (χ3v) is 4.20. The molecule has 8 nitrogen and oxygen atoms in total. The van der Waals surface area contributed by atoms with Crippen LogP contribution >= 0.6 is 0 Å². The Labute approximate surface area is 158 Å². The normalized spacial score (nSPS) is 15.3. The van der Waals surface area contributed by atoms with Gasteiger partial charge in [-0.25, -0.2) is 9.59 Å². The van der Waals surface area contributed by atoms with Gasteiger partial charge >= 0.3 is 12.1 Å². The van der Waals surface area contributed by atoms with E-state index in [9.17, 15) is 19.5 Å². The Balaban J connectivity index is 1.65. The van der Waals surface area contributed by atoms with Gasteiger partial charge in [-0.05, 0) is 17.9 Å². The van der Waals surface area contributed by atoms with Gasteiger partial charge in [0.1, 0.15) is 12.6 Å². The lowest BCUT2D eigenvalue weighted by molar-refractivity contribution is -0.145. The maximum absolute atomic E-state index is 12.0. The van der Waals surface area contributed by atoms with Gasteiger partial charge in [-0.1, -0.05) is 43.2 Å². The highest BCUT2D eigenvalue weighted by Gasteiger charge is 2.31. The SMILES string of the molecule is COC(=O)[C@@H](CC1CC1)NC(=O)C[C@H](O)CNC(=O)OCc1ccccc1. The zero-order chi connectivity index (χ0) is 19.6. The van der Waals surface area contributed by atoms with Gasteiger partial charge < -0.3 is 25.2 Å². The minimum absolute atomic E-state index is 0.116. The lowest BCUT2D eigenvalue weighted by Gasteiger charge is -2.17. The van der Waals surface area contributed by atoms with Crippen molar-refractivity contribution in [3.63, 3.8) is 0 Å². The first-order chi connectivity index (χ1) is 13.0. The number of carbonyl (C=O) groups is 3. The molecule has 1 aromatic carbocycles. The number of aliphatic hydroxyl groups excluding tert-OH is 1. The van der Waals surface area contributed by atoms with Gasteiger partial charge in [-0.2, -0.15) is 0 Å². The number of nitrogens with one attached hydrogen (secondary N) is 2. The van der Waals surface area contributed by atoms with Gasteiger partial charge in [-0.3, -0.25) is 4.79 Å². The van der Waals surface area contributed by atoms with Crippen molar-refractivity contribution in [2.75, 3.05) is 13.7 Å². The van der Waals surface area contributed by atoms with Crippen molar-refractivity contribution in [1.82, 2.24) is 10.6 Å². The van der Waals surface area contributed by atoms with Crippen molar-refractivity contribution in [2.45, 2.75) is 44.4 Å². The molecular weight excluding hydrogens is 352 g/mol. The summed E-state index contributed by atoms with van der Waals surface area (Å²) in [7, 11) is 1.27. The van der Waals surface area contributed by atoms with E-state index >= 15 is 0 Å². The van der Waals surface area contributed by atoms with Gasteiger partial charge in [0, 0.05) is 6.54 Å². The fraction of sp³-hybridized carbons (Fsp3) is 0.526. The van der Waals surface area contributed by atoms with E-state index in [1.165, 1.54) is 7.11 Å². The van der Waals surface area contributed by atoms with Crippen molar-refractivity contribution in [2.24, 2.45) is 5.92 Å². The minimum atomic E-state index is -1.09. The number of benzene rings is 1. The number of hydrogen-bond donors (Lipinski definition) is 3. The second kappa shape index (κ2) is 10.5. The molecule has 1 saturated carbocycles. The summed E-state index contributed by atoms with van der Waals surface area (Å²) in [6.07, 6.45) is 0.616. The van der Waals surface area contributed by atoms with E-state index in [2.05, 4.69) is 10.6 Å². The van der Waals surface area contributed by atoms with Gasteiger partial charge in [0.15, 0.2) is 0 Å². The first-order valence-corrected chi connectivity index (χ1v) is 8.97. The summed E-state index contributed by atoms with van der Waals surface area (Å²) in [4.78, 5) is 35.4. The number of ether oxygens (including phenoxy) is 2. The first-order valence-electron chi connectivity index (χ1n) is 8.97. The second-order valence-electron chi connectivity index (χ2n) is 6.62. The number of carbonyl (C=O) groups excluding carboxylic acids is 3. The zero-order valence-corrected chi connectivity index (χ0v) is 15.3. The van der Waals surface area contributed by atoms with Crippen LogP contribution in [0.1, 0.15) is 31.2 Å². The minimum Gasteiger partial charge on any atom is -0.467 e. The van der Waals surface area contributed by atoms with Crippen molar-refractivity contribution in [1.29, 1.82) is 0 Å². The molecule has 0 aromatic heterocycles. The van der Waals surface area contributed by atoms with E-state index in [4.69, 9.17) is 9.47 Å². The molecule has 0 heterocycles. The van der Waals surface area contributed by atoms with Gasteiger partial charge in [0.2, 0.25) is 5.91 Å². The molecule has 2 atom stereocenters. The van der Waals surface area contributed by atoms with E-state index in [-0.39, 0.29) is 19.6 Å². The Hall–Kier alpha value is -2.61. The number of aliphatic hydroxyl groups is 1. The molecule has 1 aliphatic carbocycles. The Bertz CT molecular complexity index is 632. The predicted molar refractivity (Wildman–Crippen MR) is 96.5 cm³/mol. The summed E-state index contributed by atoms with van der Waals surface area (Å²) < 4.78 is 9.72. The lowest BCUT2D eigenvalue weighted by Crippen LogP contribution is -2.44. The highest BCUT2D eigenvalue weighted by Crippen LogP contribution is 2.33. The number of esters is 1. The summed E-state index contributed by atoms with van der Waals surface area (Å²) in [6, 6.07) is 8.48. The first kappa shape index (κ1) is 20.7. The molecule has 0 saturated heterocycles. The third-order valence-electron chi connectivity index (χ3n) is 4.20. The molecular formula is C19H26N2O6. The Morgan fingerprint density at radius 3 is 2.56 bits per heavy atom. The zero-order valence-electron chi connectivity index (χ0n) is 15.3. The van der Waals surface area contributed by atoms with E-state index in [0.29, 0.717) is 12.3 Å². The maximum Gasteiger partial charge on any atom is 0.407 e. The Morgan fingerprint density at radius 2 is 1.93 bits per heavy atom. The molecule has 0 spiro atoms. The second-order valence-corrected chi connectivity index (χ2v) is 6.62. The van der Waals surface area contributed by atoms with E-state index < -0.39 is 30.1 Å². The fourth-order valence-corrected chi connectivity index (χ4v) is 2.56. The quantitative estimate of drug-likeness (QED) is 0.526. The number of alkyl carbamates (subject to hydrolysis) is 1. The molecule has 1 aromatic rings. The molecule has 0 aliphatic heterocycles. The summed E-state index contributed by atoms with van der Waals surface area (Å²) in [5, 5.41) is 14.9. The van der Waals surface area contributed by atoms with E-state index in [1.54, 1.807) is 0 Å². The van der Waals surface area contributed by atoms with Crippen LogP contribution in [0.2, 0.25) is 0 Å². The average molecular weight is 378 g/mol. The van der Waals surface area contributed by atoms with E-state index in [0.717, 1.165) is 18.4 Å². The van der Waals surface area contributed by atoms with Crippen LogP contribution in [-0.4, -0.2) is 48.9 Å². The third kappa shape index (κ3) is 8.08. The maximum atomic E-state index is 12.0. The number of rotatable bonds is 10. The van der Waals surface area contributed by atoms with Crippen molar-refractivity contribution in [3.8, 4) is 0 Å². The standard InChI is InChI=1S/C19H26N2O6/c1-26-18(24)16(9-13-7-8-13)21-17(23)10-15(22)11-20-19(25)27-12-14-5-3-2-4-6-14/h2-6,13,15-16,22H,7-12H2,1H3,(H,20,25)(H,21,23)/t15-,16+/m0/s1. The van der Waals surface area contributed by atoms with Gasteiger partial charge in [0.25, 0.3) is 0 Å². The molecule has 0 bridgehead atoms. The highest BCUT2D eigenvalue weighted by molar-refractivity contribution is 5.84. The molecule has 0 unspecified atom stereocenters. The predicted octanol–water partition coefficient (Wildman–Crippen LogP) is 1.12. The smallest absolute Gasteiger partial charge is 0.407 e.